The van der Waals surface area contributed by atoms with Crippen molar-refractivity contribution in [2.75, 3.05) is 14.2 Å². The molecule has 0 atom stereocenters. The predicted molar refractivity (Wildman–Crippen MR) is 111 cm³/mol. The summed E-state index contributed by atoms with van der Waals surface area (Å²) in [5, 5.41) is 4.07. The Kier molecular flexibility index (Phi) is 6.70. The number of thiophene rings is 1. The fourth-order valence-corrected chi connectivity index (χ4v) is 5.50. The van der Waals surface area contributed by atoms with Crippen LogP contribution < -0.4 is 5.32 Å². The minimum Gasteiger partial charge on any atom is -0.468 e. The summed E-state index contributed by atoms with van der Waals surface area (Å²) in [6, 6.07) is 11.3. The summed E-state index contributed by atoms with van der Waals surface area (Å²) >= 11 is 1.00. The van der Waals surface area contributed by atoms with Gasteiger partial charge in [-0.2, -0.15) is 4.31 Å². The predicted octanol–water partition coefficient (Wildman–Crippen LogP) is 2.88. The standard InChI is InChI=1S/C20H20N2O6S2/c1-21-19(23)15-7-5-14(6-8-15)12-22(13-16-4-3-10-28-16)30(25,26)17-9-11-29-18(17)20(24)27-2/h3-11H,12-13H2,1-2H3,(H,21,23). The number of nitrogens with zero attached hydrogens (tertiary/aromatic N) is 1. The molecule has 3 aromatic rings. The molecule has 10 heteroatoms. The minimum atomic E-state index is -4.05. The van der Waals surface area contributed by atoms with E-state index in [1.165, 1.54) is 36.2 Å². The molecular weight excluding hydrogens is 428 g/mol. The smallest absolute Gasteiger partial charge is 0.349 e. The van der Waals surface area contributed by atoms with E-state index in [2.05, 4.69) is 5.32 Å². The lowest BCUT2D eigenvalue weighted by atomic mass is 10.1. The Morgan fingerprint density at radius 2 is 1.87 bits per heavy atom. The van der Waals surface area contributed by atoms with Crippen LogP contribution >= 0.6 is 11.3 Å². The summed E-state index contributed by atoms with van der Waals surface area (Å²) in [4.78, 5) is 23.6. The van der Waals surface area contributed by atoms with Crippen LogP contribution in [0.1, 0.15) is 31.4 Å². The first kappa shape index (κ1) is 21.8. The summed E-state index contributed by atoms with van der Waals surface area (Å²) in [6.07, 6.45) is 1.46. The number of ether oxygens (including phenoxy) is 1. The first-order valence-corrected chi connectivity index (χ1v) is 11.2. The van der Waals surface area contributed by atoms with Crippen molar-refractivity contribution in [3.05, 3.63) is 75.9 Å². The number of hydrogen-bond acceptors (Lipinski definition) is 7. The van der Waals surface area contributed by atoms with Crippen LogP contribution in [0.25, 0.3) is 0 Å². The fourth-order valence-electron chi connectivity index (χ4n) is 2.79. The lowest BCUT2D eigenvalue weighted by Gasteiger charge is -2.21. The summed E-state index contributed by atoms with van der Waals surface area (Å²) in [6.45, 7) is -0.00347. The lowest BCUT2D eigenvalue weighted by molar-refractivity contribution is 0.0602. The third kappa shape index (κ3) is 4.61. The van der Waals surface area contributed by atoms with Crippen LogP contribution in [-0.2, 0) is 27.8 Å². The van der Waals surface area contributed by atoms with E-state index in [9.17, 15) is 18.0 Å². The van der Waals surface area contributed by atoms with Crippen LogP contribution in [-0.4, -0.2) is 38.8 Å². The van der Waals surface area contributed by atoms with Gasteiger partial charge in [-0.25, -0.2) is 13.2 Å². The number of carbonyl (C=O) groups is 2. The zero-order valence-corrected chi connectivity index (χ0v) is 18.0. The van der Waals surface area contributed by atoms with Gasteiger partial charge in [0.05, 0.1) is 19.9 Å². The van der Waals surface area contributed by atoms with Crippen molar-refractivity contribution in [2.24, 2.45) is 0 Å². The summed E-state index contributed by atoms with van der Waals surface area (Å²) in [7, 11) is -1.31. The van der Waals surface area contributed by atoms with Crippen LogP contribution in [0.2, 0.25) is 0 Å². The highest BCUT2D eigenvalue weighted by atomic mass is 32.2. The Morgan fingerprint density at radius 3 is 2.47 bits per heavy atom. The second-order valence-corrected chi connectivity index (χ2v) is 9.06. The van der Waals surface area contributed by atoms with Gasteiger partial charge in [0.25, 0.3) is 5.91 Å². The molecular formula is C20H20N2O6S2. The highest BCUT2D eigenvalue weighted by molar-refractivity contribution is 7.89. The van der Waals surface area contributed by atoms with Gasteiger partial charge < -0.3 is 14.5 Å². The molecule has 0 aliphatic rings. The van der Waals surface area contributed by atoms with Gasteiger partial charge in [0, 0.05) is 19.2 Å². The monoisotopic (exact) mass is 448 g/mol. The molecule has 0 aliphatic heterocycles. The van der Waals surface area contributed by atoms with Gasteiger partial charge in [0.15, 0.2) is 0 Å². The van der Waals surface area contributed by atoms with Crippen molar-refractivity contribution in [3.8, 4) is 0 Å². The molecule has 0 fully saturated rings. The molecule has 0 spiro atoms. The van der Waals surface area contributed by atoms with Gasteiger partial charge in [0.1, 0.15) is 15.5 Å². The average Bonchev–Trinajstić information content (AvgIpc) is 3.45. The maximum Gasteiger partial charge on any atom is 0.349 e. The SMILES string of the molecule is CNC(=O)c1ccc(CN(Cc2ccco2)S(=O)(=O)c2ccsc2C(=O)OC)cc1. The second kappa shape index (κ2) is 9.24. The molecule has 1 amide bonds. The highest BCUT2D eigenvalue weighted by Gasteiger charge is 2.31. The first-order chi connectivity index (χ1) is 14.4. The van der Waals surface area contributed by atoms with E-state index in [0.29, 0.717) is 16.9 Å². The van der Waals surface area contributed by atoms with Crippen molar-refractivity contribution >= 4 is 33.2 Å². The molecule has 3 rings (SSSR count). The van der Waals surface area contributed by atoms with E-state index in [4.69, 9.17) is 9.15 Å². The van der Waals surface area contributed by atoms with Crippen LogP contribution in [0.3, 0.4) is 0 Å². The largest absolute Gasteiger partial charge is 0.468 e. The van der Waals surface area contributed by atoms with Gasteiger partial charge >= 0.3 is 5.97 Å². The summed E-state index contributed by atoms with van der Waals surface area (Å²) in [5.41, 5.74) is 1.14. The van der Waals surface area contributed by atoms with E-state index in [0.717, 1.165) is 11.3 Å². The van der Waals surface area contributed by atoms with E-state index >= 15 is 0 Å². The molecule has 158 valence electrons. The first-order valence-electron chi connectivity index (χ1n) is 8.86. The molecule has 1 aromatic carbocycles. The Morgan fingerprint density at radius 1 is 1.13 bits per heavy atom. The van der Waals surface area contributed by atoms with E-state index in [1.807, 2.05) is 0 Å². The van der Waals surface area contributed by atoms with E-state index < -0.39 is 16.0 Å². The number of esters is 1. The number of sulfonamides is 1. The quantitative estimate of drug-likeness (QED) is 0.531. The lowest BCUT2D eigenvalue weighted by Crippen LogP contribution is -2.31. The molecule has 0 aliphatic carbocycles. The van der Waals surface area contributed by atoms with Crippen molar-refractivity contribution in [1.82, 2.24) is 9.62 Å². The van der Waals surface area contributed by atoms with E-state index in [1.54, 1.807) is 36.4 Å². The number of benzene rings is 1. The number of furan rings is 1. The molecule has 2 aromatic heterocycles. The second-order valence-electron chi connectivity index (χ2n) is 6.23. The normalized spacial score (nSPS) is 11.4. The zero-order chi connectivity index (χ0) is 21.7. The number of nitrogens with one attached hydrogen (secondary N) is 1. The van der Waals surface area contributed by atoms with Crippen LogP contribution in [0, 0.1) is 0 Å². The molecule has 0 unspecified atom stereocenters. The highest BCUT2D eigenvalue weighted by Crippen LogP contribution is 2.28. The summed E-state index contributed by atoms with van der Waals surface area (Å²) < 4.78 is 38.1. The number of hydrogen-bond donors (Lipinski definition) is 1. The Balaban J connectivity index is 1.95. The van der Waals surface area contributed by atoms with Crippen LogP contribution in [0.5, 0.6) is 0 Å². The van der Waals surface area contributed by atoms with Crippen molar-refractivity contribution in [2.45, 2.75) is 18.0 Å². The number of rotatable bonds is 8. The fraction of sp³-hybridized carbons (Fsp3) is 0.200. The maximum atomic E-state index is 13.4. The molecule has 0 saturated carbocycles. The Bertz CT molecular complexity index is 1120. The van der Waals surface area contributed by atoms with E-state index in [-0.39, 0.29) is 28.8 Å². The van der Waals surface area contributed by atoms with Gasteiger partial charge in [-0.1, -0.05) is 12.1 Å². The zero-order valence-electron chi connectivity index (χ0n) is 16.3. The Labute approximate surface area is 178 Å². The topological polar surface area (TPSA) is 106 Å². The molecule has 0 saturated heterocycles. The van der Waals surface area contributed by atoms with Crippen LogP contribution in [0.15, 0.2) is 63.4 Å². The number of carbonyl (C=O) groups excluding carboxylic acids is 2. The third-order valence-electron chi connectivity index (χ3n) is 4.33. The molecule has 30 heavy (non-hydrogen) atoms. The van der Waals surface area contributed by atoms with Crippen molar-refractivity contribution in [1.29, 1.82) is 0 Å². The van der Waals surface area contributed by atoms with Gasteiger partial charge in [-0.05, 0) is 41.3 Å². The molecule has 2 heterocycles. The molecule has 8 nitrogen and oxygen atoms in total. The van der Waals surface area contributed by atoms with Crippen LogP contribution in [0.4, 0.5) is 0 Å². The molecule has 0 radical (unpaired) electrons. The van der Waals surface area contributed by atoms with Crippen molar-refractivity contribution in [3.63, 3.8) is 0 Å². The average molecular weight is 449 g/mol. The van der Waals surface area contributed by atoms with Gasteiger partial charge in [0.2, 0.25) is 10.0 Å². The van der Waals surface area contributed by atoms with Crippen molar-refractivity contribution < 1.29 is 27.2 Å². The summed E-state index contributed by atoms with van der Waals surface area (Å²) in [5.74, 6) is -0.491. The minimum absolute atomic E-state index is 0.0110. The van der Waals surface area contributed by atoms with Gasteiger partial charge in [-0.15, -0.1) is 11.3 Å². The Hall–Kier alpha value is -2.95. The molecule has 1 N–H and O–H groups in total. The van der Waals surface area contributed by atoms with Gasteiger partial charge in [-0.3, -0.25) is 4.79 Å². The number of methoxy groups -OCH3 is 1. The maximum absolute atomic E-state index is 13.4. The number of amides is 1. The third-order valence-corrected chi connectivity index (χ3v) is 7.19. The molecule has 0 bridgehead atoms.